The van der Waals surface area contributed by atoms with Crippen molar-refractivity contribution in [2.75, 3.05) is 12.8 Å². The lowest BCUT2D eigenvalue weighted by Crippen LogP contribution is -2.43. The maximum absolute atomic E-state index is 12.1. The molecule has 7 nitrogen and oxygen atoms in total. The van der Waals surface area contributed by atoms with E-state index >= 15 is 0 Å². The van der Waals surface area contributed by atoms with Crippen LogP contribution >= 0.6 is 0 Å². The molecule has 0 saturated carbocycles. The molecule has 0 fully saturated rings. The van der Waals surface area contributed by atoms with Crippen LogP contribution in [0.25, 0.3) is 0 Å². The fourth-order valence-electron chi connectivity index (χ4n) is 2.07. The smallest absolute Gasteiger partial charge is 0.328 e. The number of methoxy groups -OCH3 is 1. The van der Waals surface area contributed by atoms with E-state index in [9.17, 15) is 9.59 Å². The number of amides is 1. The van der Waals surface area contributed by atoms with E-state index in [1.807, 2.05) is 13.8 Å². The molecule has 118 valence electrons. The third-order valence-electron chi connectivity index (χ3n) is 3.26. The molecule has 7 heteroatoms. The highest BCUT2D eigenvalue weighted by molar-refractivity contribution is 5.84. The summed E-state index contributed by atoms with van der Waals surface area (Å²) in [7, 11) is 1.31. The minimum absolute atomic E-state index is 0.0233. The summed E-state index contributed by atoms with van der Waals surface area (Å²) in [5.41, 5.74) is 7.83. The lowest BCUT2D eigenvalue weighted by molar-refractivity contribution is -0.145. The van der Waals surface area contributed by atoms with Crippen molar-refractivity contribution in [2.45, 2.75) is 46.7 Å². The van der Waals surface area contributed by atoms with Crippen molar-refractivity contribution in [3.8, 4) is 0 Å². The molecule has 1 heterocycles. The van der Waals surface area contributed by atoms with Gasteiger partial charge in [0.25, 0.3) is 0 Å². The number of ether oxygens (including phenoxy) is 1. The fourth-order valence-corrected chi connectivity index (χ4v) is 2.07. The Hall–Kier alpha value is -2.05. The molecule has 1 rings (SSSR count). The lowest BCUT2D eigenvalue weighted by atomic mass is 10.0. The summed E-state index contributed by atoms with van der Waals surface area (Å²) in [5, 5.41) is 6.89. The topological polar surface area (TPSA) is 99.2 Å². The van der Waals surface area contributed by atoms with E-state index in [-0.39, 0.29) is 18.4 Å². The van der Waals surface area contributed by atoms with Crippen molar-refractivity contribution >= 4 is 17.6 Å². The third kappa shape index (κ3) is 4.47. The highest BCUT2D eigenvalue weighted by Crippen LogP contribution is 2.14. The molecule has 0 bridgehead atoms. The summed E-state index contributed by atoms with van der Waals surface area (Å²) in [6.07, 6.45) is 0.525. The predicted octanol–water partition coefficient (Wildman–Crippen LogP) is 0.786. The Kier molecular flexibility index (Phi) is 5.75. The molecule has 0 aliphatic carbocycles. The molecule has 0 spiro atoms. The molecule has 0 saturated heterocycles. The van der Waals surface area contributed by atoms with Gasteiger partial charge in [-0.15, -0.1) is 0 Å². The average molecular weight is 296 g/mol. The summed E-state index contributed by atoms with van der Waals surface area (Å²) in [6, 6.07) is -0.642. The number of nitrogen functional groups attached to an aromatic ring is 1. The minimum Gasteiger partial charge on any atom is -0.467 e. The van der Waals surface area contributed by atoms with Gasteiger partial charge in [-0.3, -0.25) is 9.48 Å². The Balaban J connectivity index is 2.73. The zero-order valence-electron chi connectivity index (χ0n) is 13.3. The number of nitrogens with zero attached hydrogens (tertiary/aromatic N) is 2. The van der Waals surface area contributed by atoms with Gasteiger partial charge < -0.3 is 15.8 Å². The van der Waals surface area contributed by atoms with Gasteiger partial charge in [-0.25, -0.2) is 4.79 Å². The van der Waals surface area contributed by atoms with Crippen LogP contribution in [-0.4, -0.2) is 34.8 Å². The lowest BCUT2D eigenvalue weighted by Gasteiger charge is -2.18. The van der Waals surface area contributed by atoms with E-state index in [1.165, 1.54) is 11.8 Å². The van der Waals surface area contributed by atoms with Crippen LogP contribution in [-0.2, 0) is 20.9 Å². The molecule has 0 aliphatic heterocycles. The number of anilines is 1. The second kappa shape index (κ2) is 7.10. The standard InChI is InChI=1S/C14H24N4O3/c1-8(2)6-11(14(20)21-5)16-12(19)7-18-10(4)13(15)9(3)17-18/h8,11H,6-7,15H2,1-5H3,(H,16,19). The van der Waals surface area contributed by atoms with E-state index in [1.54, 1.807) is 13.8 Å². The van der Waals surface area contributed by atoms with Crippen LogP contribution in [0, 0.1) is 19.8 Å². The maximum Gasteiger partial charge on any atom is 0.328 e. The first-order chi connectivity index (χ1) is 9.76. The number of aryl methyl sites for hydroxylation is 1. The predicted molar refractivity (Wildman–Crippen MR) is 79.5 cm³/mol. The molecule has 0 aromatic carbocycles. The Morgan fingerprint density at radius 3 is 2.43 bits per heavy atom. The number of nitrogens with two attached hydrogens (primary N) is 1. The van der Waals surface area contributed by atoms with Crippen LogP contribution in [0.3, 0.4) is 0 Å². The SMILES string of the molecule is COC(=O)C(CC(C)C)NC(=O)Cn1nc(C)c(N)c1C. The zero-order chi connectivity index (χ0) is 16.2. The first-order valence-corrected chi connectivity index (χ1v) is 6.92. The maximum atomic E-state index is 12.1. The Morgan fingerprint density at radius 1 is 1.38 bits per heavy atom. The van der Waals surface area contributed by atoms with Crippen molar-refractivity contribution in [1.82, 2.24) is 15.1 Å². The number of carbonyl (C=O) groups excluding carboxylic acids is 2. The van der Waals surface area contributed by atoms with E-state index < -0.39 is 12.0 Å². The van der Waals surface area contributed by atoms with E-state index in [4.69, 9.17) is 10.5 Å². The number of nitrogens with one attached hydrogen (secondary N) is 1. The number of rotatable bonds is 6. The highest BCUT2D eigenvalue weighted by atomic mass is 16.5. The Labute approximate surface area is 124 Å². The molecule has 1 amide bonds. The van der Waals surface area contributed by atoms with Crippen molar-refractivity contribution in [3.63, 3.8) is 0 Å². The summed E-state index contributed by atoms with van der Waals surface area (Å²) >= 11 is 0. The second-order valence-electron chi connectivity index (χ2n) is 5.51. The number of carbonyl (C=O) groups is 2. The van der Waals surface area contributed by atoms with Crippen LogP contribution in [0.15, 0.2) is 0 Å². The quantitative estimate of drug-likeness (QED) is 0.756. The first kappa shape index (κ1) is 17.0. The molecule has 1 aromatic heterocycles. The van der Waals surface area contributed by atoms with E-state index in [0.29, 0.717) is 17.8 Å². The largest absolute Gasteiger partial charge is 0.467 e. The molecular formula is C14H24N4O3. The van der Waals surface area contributed by atoms with Gasteiger partial charge in [0.2, 0.25) is 5.91 Å². The molecular weight excluding hydrogens is 272 g/mol. The Morgan fingerprint density at radius 2 is 2.00 bits per heavy atom. The van der Waals surface area contributed by atoms with Gasteiger partial charge in [0.15, 0.2) is 0 Å². The van der Waals surface area contributed by atoms with Gasteiger partial charge in [0.05, 0.1) is 24.2 Å². The van der Waals surface area contributed by atoms with E-state index in [0.717, 1.165) is 5.69 Å². The van der Waals surface area contributed by atoms with Gasteiger partial charge in [0.1, 0.15) is 12.6 Å². The number of aromatic nitrogens is 2. The number of hydrogen-bond donors (Lipinski definition) is 2. The molecule has 3 N–H and O–H groups in total. The molecule has 21 heavy (non-hydrogen) atoms. The number of hydrogen-bond acceptors (Lipinski definition) is 5. The third-order valence-corrected chi connectivity index (χ3v) is 3.26. The van der Waals surface area contributed by atoms with Crippen LogP contribution in [0.5, 0.6) is 0 Å². The summed E-state index contributed by atoms with van der Waals surface area (Å²) in [4.78, 5) is 23.8. The van der Waals surface area contributed by atoms with Gasteiger partial charge in [-0.1, -0.05) is 13.8 Å². The van der Waals surface area contributed by atoms with E-state index in [2.05, 4.69) is 10.4 Å². The van der Waals surface area contributed by atoms with Crippen LogP contribution in [0.2, 0.25) is 0 Å². The summed E-state index contributed by atoms with van der Waals surface area (Å²) in [5.74, 6) is -0.472. The molecule has 1 atom stereocenters. The van der Waals surface area contributed by atoms with Gasteiger partial charge in [-0.2, -0.15) is 5.10 Å². The average Bonchev–Trinajstić information content (AvgIpc) is 2.64. The molecule has 0 radical (unpaired) electrons. The molecule has 1 aromatic rings. The normalized spacial score (nSPS) is 12.3. The van der Waals surface area contributed by atoms with Gasteiger partial charge >= 0.3 is 5.97 Å². The van der Waals surface area contributed by atoms with Crippen molar-refractivity contribution in [3.05, 3.63) is 11.4 Å². The summed E-state index contributed by atoms with van der Waals surface area (Å²) < 4.78 is 6.25. The van der Waals surface area contributed by atoms with Crippen LogP contribution < -0.4 is 11.1 Å². The Bertz CT molecular complexity index is 523. The fraction of sp³-hybridized carbons (Fsp3) is 0.643. The van der Waals surface area contributed by atoms with Crippen LogP contribution in [0.4, 0.5) is 5.69 Å². The van der Waals surface area contributed by atoms with Crippen LogP contribution in [0.1, 0.15) is 31.7 Å². The summed E-state index contributed by atoms with van der Waals surface area (Å²) in [6.45, 7) is 7.56. The van der Waals surface area contributed by atoms with Gasteiger partial charge in [0, 0.05) is 0 Å². The minimum atomic E-state index is -0.642. The van der Waals surface area contributed by atoms with Crippen molar-refractivity contribution in [1.29, 1.82) is 0 Å². The van der Waals surface area contributed by atoms with Crippen molar-refractivity contribution < 1.29 is 14.3 Å². The van der Waals surface area contributed by atoms with Crippen molar-refractivity contribution in [2.24, 2.45) is 5.92 Å². The highest BCUT2D eigenvalue weighted by Gasteiger charge is 2.23. The monoisotopic (exact) mass is 296 g/mol. The molecule has 1 unspecified atom stereocenters. The second-order valence-corrected chi connectivity index (χ2v) is 5.51. The zero-order valence-corrected chi connectivity index (χ0v) is 13.3. The number of esters is 1. The first-order valence-electron chi connectivity index (χ1n) is 6.92. The molecule has 0 aliphatic rings. The van der Waals surface area contributed by atoms with Gasteiger partial charge in [-0.05, 0) is 26.2 Å².